The first-order valence-electron chi connectivity index (χ1n) is 11.3. The van der Waals surface area contributed by atoms with Crippen LogP contribution in [0.25, 0.3) is 0 Å². The summed E-state index contributed by atoms with van der Waals surface area (Å²) in [5, 5.41) is 4.09. The number of nitrogens with zero attached hydrogens (tertiary/aromatic N) is 2. The first-order chi connectivity index (χ1) is 16.8. The number of fused-ring (bicyclic) bond motifs is 2. The van der Waals surface area contributed by atoms with Crippen LogP contribution in [0.15, 0.2) is 72.8 Å². The summed E-state index contributed by atoms with van der Waals surface area (Å²) >= 11 is 12.2. The largest absolute Gasteiger partial charge is 0.324 e. The maximum atomic E-state index is 14.3. The highest BCUT2D eigenvalue weighted by Crippen LogP contribution is 2.64. The van der Waals surface area contributed by atoms with Gasteiger partial charge in [-0.05, 0) is 55.1 Å². The van der Waals surface area contributed by atoms with Crippen molar-refractivity contribution < 1.29 is 14.4 Å². The summed E-state index contributed by atoms with van der Waals surface area (Å²) in [6, 6.07) is 21.4. The molecule has 8 heteroatoms. The van der Waals surface area contributed by atoms with Crippen LogP contribution in [0.3, 0.4) is 0 Å². The molecule has 3 aliphatic heterocycles. The zero-order chi connectivity index (χ0) is 24.5. The number of rotatable bonds is 2. The molecule has 2 saturated heterocycles. The van der Waals surface area contributed by atoms with Crippen LogP contribution in [-0.4, -0.2) is 36.2 Å². The SMILES string of the molecule is CN1C[C@]2(CC(=O)N(c3ccc(Cl)cc3)C2=O)[C@H](c2ccc(Cl)cc2)[C@]12C(=O)Nc1ccccc12. The van der Waals surface area contributed by atoms with Gasteiger partial charge in [0.15, 0.2) is 0 Å². The zero-order valence-electron chi connectivity index (χ0n) is 18.8. The summed E-state index contributed by atoms with van der Waals surface area (Å²) in [6.07, 6.45) is -0.0106. The van der Waals surface area contributed by atoms with Crippen LogP contribution in [0.2, 0.25) is 10.0 Å². The number of nitrogens with one attached hydrogen (secondary N) is 1. The molecule has 6 nitrogen and oxygen atoms in total. The van der Waals surface area contributed by atoms with Crippen molar-refractivity contribution in [2.45, 2.75) is 17.9 Å². The molecule has 6 rings (SSSR count). The second kappa shape index (κ2) is 7.65. The van der Waals surface area contributed by atoms with Gasteiger partial charge in [-0.25, -0.2) is 4.90 Å². The molecule has 176 valence electrons. The molecule has 2 spiro atoms. The smallest absolute Gasteiger partial charge is 0.250 e. The first-order valence-corrected chi connectivity index (χ1v) is 12.1. The van der Waals surface area contributed by atoms with Gasteiger partial charge in [0.1, 0.15) is 5.54 Å². The minimum Gasteiger partial charge on any atom is -0.324 e. The molecule has 0 unspecified atom stereocenters. The molecule has 3 aromatic carbocycles. The molecular formula is C27H21Cl2N3O3. The highest BCUT2D eigenvalue weighted by Gasteiger charge is 2.72. The number of benzene rings is 3. The Morgan fingerprint density at radius 2 is 1.51 bits per heavy atom. The normalized spacial score (nSPS) is 27.8. The predicted molar refractivity (Wildman–Crippen MR) is 135 cm³/mol. The minimum atomic E-state index is -1.16. The first kappa shape index (κ1) is 22.3. The van der Waals surface area contributed by atoms with E-state index in [1.54, 1.807) is 36.4 Å². The number of amides is 3. The number of halogens is 2. The topological polar surface area (TPSA) is 69.7 Å². The fourth-order valence-electron chi connectivity index (χ4n) is 6.37. The Labute approximate surface area is 212 Å². The van der Waals surface area contributed by atoms with Crippen molar-refractivity contribution in [3.05, 3.63) is 94.0 Å². The molecule has 0 aromatic heterocycles. The van der Waals surface area contributed by atoms with Gasteiger partial charge in [-0.3, -0.25) is 19.3 Å². The number of carbonyl (C=O) groups excluding carboxylic acids is 3. The summed E-state index contributed by atoms with van der Waals surface area (Å²) < 4.78 is 0. The second-order valence-electron chi connectivity index (χ2n) is 9.45. The highest BCUT2D eigenvalue weighted by molar-refractivity contribution is 6.31. The van der Waals surface area contributed by atoms with Gasteiger partial charge in [0.25, 0.3) is 0 Å². The minimum absolute atomic E-state index is 0.0106. The molecule has 0 aliphatic carbocycles. The number of likely N-dealkylation sites (tertiary alicyclic amines) is 1. The van der Waals surface area contributed by atoms with Crippen LogP contribution in [0.1, 0.15) is 23.5 Å². The molecule has 3 heterocycles. The van der Waals surface area contributed by atoms with E-state index in [0.29, 0.717) is 21.4 Å². The monoisotopic (exact) mass is 505 g/mol. The molecular weight excluding hydrogens is 485 g/mol. The van der Waals surface area contributed by atoms with Gasteiger partial charge in [-0.1, -0.05) is 53.5 Å². The Kier molecular flexibility index (Phi) is 4.87. The zero-order valence-corrected chi connectivity index (χ0v) is 20.3. The van der Waals surface area contributed by atoms with E-state index < -0.39 is 16.9 Å². The second-order valence-corrected chi connectivity index (χ2v) is 10.3. The van der Waals surface area contributed by atoms with Gasteiger partial charge >= 0.3 is 0 Å². The number of para-hydroxylation sites is 1. The third kappa shape index (κ3) is 2.91. The summed E-state index contributed by atoms with van der Waals surface area (Å²) in [6.45, 7) is 0.247. The van der Waals surface area contributed by atoms with Crippen LogP contribution in [-0.2, 0) is 19.9 Å². The average molecular weight is 506 g/mol. The molecule has 35 heavy (non-hydrogen) atoms. The number of anilines is 2. The van der Waals surface area contributed by atoms with Gasteiger partial charge in [-0.15, -0.1) is 0 Å². The fraction of sp³-hybridized carbons (Fsp3) is 0.222. The van der Waals surface area contributed by atoms with Crippen LogP contribution in [0.4, 0.5) is 11.4 Å². The van der Waals surface area contributed by atoms with Crippen molar-refractivity contribution >= 4 is 52.3 Å². The van der Waals surface area contributed by atoms with Gasteiger partial charge in [0.05, 0.1) is 11.1 Å². The van der Waals surface area contributed by atoms with Crippen LogP contribution >= 0.6 is 23.2 Å². The number of imide groups is 1. The van der Waals surface area contributed by atoms with Crippen molar-refractivity contribution in [1.82, 2.24) is 4.90 Å². The summed E-state index contributed by atoms with van der Waals surface area (Å²) in [7, 11) is 1.85. The van der Waals surface area contributed by atoms with Gasteiger partial charge in [-0.2, -0.15) is 0 Å². The molecule has 3 aromatic rings. The lowest BCUT2D eigenvalue weighted by Crippen LogP contribution is -2.49. The highest BCUT2D eigenvalue weighted by atomic mass is 35.5. The molecule has 0 radical (unpaired) electrons. The van der Waals surface area contributed by atoms with Crippen LogP contribution < -0.4 is 10.2 Å². The lowest BCUT2D eigenvalue weighted by Gasteiger charge is -2.38. The number of carbonyl (C=O) groups is 3. The Balaban J connectivity index is 1.58. The van der Waals surface area contributed by atoms with Crippen molar-refractivity contribution in [2.24, 2.45) is 5.41 Å². The predicted octanol–water partition coefficient (Wildman–Crippen LogP) is 4.82. The fourth-order valence-corrected chi connectivity index (χ4v) is 6.62. The lowest BCUT2D eigenvalue weighted by molar-refractivity contribution is -0.127. The van der Waals surface area contributed by atoms with E-state index in [9.17, 15) is 14.4 Å². The lowest BCUT2D eigenvalue weighted by atomic mass is 9.64. The van der Waals surface area contributed by atoms with E-state index >= 15 is 0 Å². The van der Waals surface area contributed by atoms with E-state index in [0.717, 1.165) is 11.1 Å². The Bertz CT molecular complexity index is 1390. The molecule has 0 saturated carbocycles. The Morgan fingerprint density at radius 1 is 0.886 bits per heavy atom. The van der Waals surface area contributed by atoms with Crippen LogP contribution in [0.5, 0.6) is 0 Å². The maximum absolute atomic E-state index is 14.3. The number of hydrogen-bond acceptors (Lipinski definition) is 4. The van der Waals surface area contributed by atoms with E-state index in [4.69, 9.17) is 23.2 Å². The van der Waals surface area contributed by atoms with E-state index in [1.807, 2.05) is 48.3 Å². The van der Waals surface area contributed by atoms with Crippen molar-refractivity contribution in [3.8, 4) is 0 Å². The quantitative estimate of drug-likeness (QED) is 0.507. The van der Waals surface area contributed by atoms with Crippen molar-refractivity contribution in [1.29, 1.82) is 0 Å². The van der Waals surface area contributed by atoms with Gasteiger partial charge < -0.3 is 5.32 Å². The molecule has 1 N–H and O–H groups in total. The van der Waals surface area contributed by atoms with E-state index in [2.05, 4.69) is 5.32 Å². The summed E-state index contributed by atoms with van der Waals surface area (Å²) in [4.78, 5) is 44.7. The van der Waals surface area contributed by atoms with E-state index in [-0.39, 0.29) is 30.7 Å². The van der Waals surface area contributed by atoms with Crippen molar-refractivity contribution in [2.75, 3.05) is 23.8 Å². The molecule has 3 atom stereocenters. The van der Waals surface area contributed by atoms with Gasteiger partial charge in [0.2, 0.25) is 17.7 Å². The van der Waals surface area contributed by atoms with Crippen LogP contribution in [0, 0.1) is 5.41 Å². The molecule has 3 aliphatic rings. The number of likely N-dealkylation sites (N-methyl/N-ethyl adjacent to an activating group) is 1. The third-order valence-corrected chi connectivity index (χ3v) is 8.16. The molecule has 2 fully saturated rings. The number of hydrogen-bond donors (Lipinski definition) is 1. The maximum Gasteiger partial charge on any atom is 0.250 e. The van der Waals surface area contributed by atoms with Gasteiger partial charge in [0, 0.05) is 40.2 Å². The molecule has 0 bridgehead atoms. The summed E-state index contributed by atoms with van der Waals surface area (Å²) in [5.74, 6) is -1.43. The third-order valence-electron chi connectivity index (χ3n) is 7.66. The molecule has 3 amide bonds. The van der Waals surface area contributed by atoms with Crippen molar-refractivity contribution in [3.63, 3.8) is 0 Å². The summed E-state index contributed by atoms with van der Waals surface area (Å²) in [5.41, 5.74) is 0.465. The average Bonchev–Trinajstić information content (AvgIpc) is 3.37. The standard InChI is InChI=1S/C27H21Cl2N3O3/c1-31-15-26(14-22(33)32(25(26)35)19-12-10-18(29)11-13-19)23(16-6-8-17(28)9-7-16)27(31)20-4-2-3-5-21(20)30-24(27)34/h2-13,23H,14-15H2,1H3,(H,30,34)/t23-,26+,27+/m0/s1. The Morgan fingerprint density at radius 3 is 2.20 bits per heavy atom. The van der Waals surface area contributed by atoms with E-state index in [1.165, 1.54) is 4.90 Å². The Hall–Kier alpha value is -3.19.